The van der Waals surface area contributed by atoms with Crippen molar-refractivity contribution in [3.05, 3.63) is 131 Å². The molecule has 0 bridgehead atoms. The summed E-state index contributed by atoms with van der Waals surface area (Å²) in [5.41, 5.74) is 4.30. The highest BCUT2D eigenvalue weighted by molar-refractivity contribution is 6.74. The Morgan fingerprint density at radius 3 is 1.98 bits per heavy atom. The molecule has 0 spiro atoms. The Balaban J connectivity index is 1.16. The Labute approximate surface area is 389 Å². The van der Waals surface area contributed by atoms with Crippen LogP contribution in [-0.2, 0) is 44.5 Å². The summed E-state index contributed by atoms with van der Waals surface area (Å²) in [6.45, 7) is 20.2. The molecule has 3 heterocycles. The van der Waals surface area contributed by atoms with E-state index in [1.807, 2.05) is 64.4 Å². The van der Waals surface area contributed by atoms with Crippen LogP contribution in [0.25, 0.3) is 6.08 Å². The molecule has 6 rings (SSSR count). The van der Waals surface area contributed by atoms with Gasteiger partial charge in [-0.05, 0) is 76.8 Å². The highest BCUT2D eigenvalue weighted by Gasteiger charge is 2.37. The normalized spacial score (nSPS) is 15.8. The zero-order chi connectivity index (χ0) is 47.6. The van der Waals surface area contributed by atoms with Crippen LogP contribution in [0.1, 0.15) is 55.6 Å². The van der Waals surface area contributed by atoms with Gasteiger partial charge in [0.2, 0.25) is 17.7 Å². The van der Waals surface area contributed by atoms with E-state index in [1.54, 1.807) is 11.8 Å². The number of likely N-dealkylation sites (N-methyl/N-ethyl adjacent to an activating group) is 1. The number of piperazine rings is 2. The van der Waals surface area contributed by atoms with Crippen LogP contribution in [0.5, 0.6) is 0 Å². The predicted octanol–water partition coefficient (Wildman–Crippen LogP) is 8.22. The van der Waals surface area contributed by atoms with Crippen molar-refractivity contribution in [3.63, 3.8) is 0 Å². The molecule has 2 aliphatic heterocycles. The van der Waals surface area contributed by atoms with Crippen LogP contribution in [0.3, 0.4) is 0 Å². The van der Waals surface area contributed by atoms with Crippen molar-refractivity contribution in [3.8, 4) is 0 Å². The maximum atomic E-state index is 14.9. The fourth-order valence-corrected chi connectivity index (χ4v) is 9.00. The minimum Gasteiger partial charge on any atom is -0.415 e. The fourth-order valence-electron chi connectivity index (χ4n) is 7.97. The second kappa shape index (κ2) is 21.9. The van der Waals surface area contributed by atoms with Crippen molar-refractivity contribution in [2.75, 3.05) is 82.4 Å². The average Bonchev–Trinajstić information content (AvgIpc) is 3.29. The number of amides is 3. The first-order valence-corrected chi connectivity index (χ1v) is 25.8. The minimum atomic E-state index is -4.59. The van der Waals surface area contributed by atoms with Gasteiger partial charge in [-0.15, -0.1) is 0 Å². The lowest BCUT2D eigenvalue weighted by molar-refractivity contribution is -0.145. The topological polar surface area (TPSA) is 92.8 Å². The molecular formula is C51H66F3N7O4Si. The van der Waals surface area contributed by atoms with Crippen molar-refractivity contribution < 1.29 is 32.0 Å². The van der Waals surface area contributed by atoms with E-state index in [0.717, 1.165) is 47.9 Å². The second-order valence-corrected chi connectivity index (χ2v) is 23.7. The van der Waals surface area contributed by atoms with Gasteiger partial charge in [0.1, 0.15) is 11.7 Å². The van der Waals surface area contributed by atoms with Crippen molar-refractivity contribution >= 4 is 43.5 Å². The fraction of sp³-hybridized carbons (Fsp3) is 0.451. The number of nitrogens with zero attached hydrogens (tertiary/aromatic N) is 7. The highest BCUT2D eigenvalue weighted by Crippen LogP contribution is 2.36. The number of pyridine rings is 1. The molecule has 15 heteroatoms. The van der Waals surface area contributed by atoms with Gasteiger partial charge < -0.3 is 28.9 Å². The number of aromatic nitrogens is 1. The number of carbonyl (C=O) groups excluding carboxylic acids is 3. The third-order valence-electron chi connectivity index (χ3n) is 13.3. The summed E-state index contributed by atoms with van der Waals surface area (Å²) in [6, 6.07) is 27.4. The lowest BCUT2D eigenvalue weighted by atomic mass is 10.0. The first-order chi connectivity index (χ1) is 31.3. The van der Waals surface area contributed by atoms with E-state index in [2.05, 4.69) is 84.9 Å². The number of halogens is 3. The van der Waals surface area contributed by atoms with E-state index in [-0.39, 0.29) is 29.8 Å². The summed E-state index contributed by atoms with van der Waals surface area (Å²) in [5, 5.41) is 0.166. The Morgan fingerprint density at radius 2 is 1.41 bits per heavy atom. The van der Waals surface area contributed by atoms with E-state index in [9.17, 15) is 27.6 Å². The zero-order valence-corrected chi connectivity index (χ0v) is 40.6. The van der Waals surface area contributed by atoms with Crippen LogP contribution in [0.4, 0.5) is 24.5 Å². The number of carbonyl (C=O) groups is 3. The van der Waals surface area contributed by atoms with Crippen molar-refractivity contribution in [2.45, 2.75) is 77.6 Å². The Hall–Kier alpha value is -5.51. The van der Waals surface area contributed by atoms with Crippen molar-refractivity contribution in [1.29, 1.82) is 0 Å². The van der Waals surface area contributed by atoms with Gasteiger partial charge in [-0.3, -0.25) is 24.3 Å². The van der Waals surface area contributed by atoms with E-state index >= 15 is 0 Å². The van der Waals surface area contributed by atoms with E-state index < -0.39 is 32.1 Å². The van der Waals surface area contributed by atoms with Gasteiger partial charge in [-0.1, -0.05) is 81.4 Å². The molecule has 354 valence electrons. The van der Waals surface area contributed by atoms with Gasteiger partial charge in [0.05, 0.1) is 6.61 Å². The lowest BCUT2D eigenvalue weighted by Crippen LogP contribution is -2.56. The van der Waals surface area contributed by atoms with Crippen molar-refractivity contribution in [1.82, 2.24) is 24.6 Å². The first kappa shape index (κ1) is 49.9. The molecule has 2 fully saturated rings. The quantitative estimate of drug-likeness (QED) is 0.0821. The van der Waals surface area contributed by atoms with E-state index in [0.29, 0.717) is 64.5 Å². The van der Waals surface area contributed by atoms with Gasteiger partial charge in [-0.2, -0.15) is 13.2 Å². The number of alkyl halides is 3. The number of anilines is 2. The largest absolute Gasteiger partial charge is 0.433 e. The van der Waals surface area contributed by atoms with Gasteiger partial charge in [0.25, 0.3) is 0 Å². The molecule has 0 N–H and O–H groups in total. The number of hydrogen-bond donors (Lipinski definition) is 0. The van der Waals surface area contributed by atoms with Crippen molar-refractivity contribution in [2.24, 2.45) is 0 Å². The Morgan fingerprint density at radius 1 is 0.788 bits per heavy atom. The smallest absolute Gasteiger partial charge is 0.415 e. The standard InChI is InChI=1S/C51H66F3N7O4Si/c1-39(62)58-29-31-59(32-30-58)45-21-15-43(16-22-45)38-61(48(63)24-18-41-17-23-47(55-36-41)51(52,53)54)46(35-40-11-9-8-10-12-40)49(64)60-27-25-57(26-28-60)37-42-13-19-44(20-14-42)56(5)33-34-65-66(6,7)50(2,3)4/h8-24,36,46H,25-35,37-38H2,1-7H3/b24-18-/t46-/m0/s1. The maximum Gasteiger partial charge on any atom is 0.433 e. The number of hydrogen-bond acceptors (Lipinski definition) is 8. The first-order valence-electron chi connectivity index (χ1n) is 22.9. The van der Waals surface area contributed by atoms with Crippen LogP contribution >= 0.6 is 0 Å². The SMILES string of the molecule is CC(=O)N1CCN(c2ccc(CN(C(=O)/C=C\c3ccc(C(F)(F)F)nc3)[C@@H](Cc3ccccc3)C(=O)N3CCN(Cc4ccc(N(C)CCO[Si](C)(C)C(C)(C)C)cc4)CC3)cc2)CC1. The zero-order valence-electron chi connectivity index (χ0n) is 39.6. The predicted molar refractivity (Wildman–Crippen MR) is 258 cm³/mol. The number of benzene rings is 3. The molecule has 0 unspecified atom stereocenters. The molecule has 3 amide bonds. The minimum absolute atomic E-state index is 0.0592. The third kappa shape index (κ3) is 13.5. The van der Waals surface area contributed by atoms with E-state index in [1.165, 1.54) is 23.8 Å². The van der Waals surface area contributed by atoms with E-state index in [4.69, 9.17) is 4.43 Å². The molecule has 0 radical (unpaired) electrons. The average molecular weight is 926 g/mol. The highest BCUT2D eigenvalue weighted by atomic mass is 28.4. The summed E-state index contributed by atoms with van der Waals surface area (Å²) in [6.07, 6.45) is -0.499. The molecule has 2 aliphatic rings. The van der Waals surface area contributed by atoms with Crippen LogP contribution in [0.2, 0.25) is 18.1 Å². The van der Waals surface area contributed by atoms with Gasteiger partial charge in [0.15, 0.2) is 8.32 Å². The Bertz CT molecular complexity index is 2240. The van der Waals surface area contributed by atoms with Crippen LogP contribution in [-0.4, -0.2) is 129 Å². The number of rotatable bonds is 16. The summed E-state index contributed by atoms with van der Waals surface area (Å²) in [5.74, 6) is -0.560. The summed E-state index contributed by atoms with van der Waals surface area (Å²) in [4.78, 5) is 56.8. The lowest BCUT2D eigenvalue weighted by Gasteiger charge is -2.39. The molecule has 0 saturated carbocycles. The van der Waals surface area contributed by atoms with Gasteiger partial charge >= 0.3 is 6.18 Å². The van der Waals surface area contributed by atoms with Crippen LogP contribution in [0.15, 0.2) is 103 Å². The summed E-state index contributed by atoms with van der Waals surface area (Å²) < 4.78 is 46.2. The van der Waals surface area contributed by atoms with Gasteiger partial charge in [0, 0.05) is 116 Å². The van der Waals surface area contributed by atoms with Gasteiger partial charge in [-0.25, -0.2) is 0 Å². The molecule has 0 aliphatic carbocycles. The summed E-state index contributed by atoms with van der Waals surface area (Å²) >= 11 is 0. The molecule has 1 aromatic heterocycles. The molecule has 66 heavy (non-hydrogen) atoms. The van der Waals surface area contributed by atoms with Crippen LogP contribution in [0, 0.1) is 0 Å². The molecular weight excluding hydrogens is 860 g/mol. The van der Waals surface area contributed by atoms with Crippen LogP contribution < -0.4 is 9.80 Å². The third-order valence-corrected chi connectivity index (χ3v) is 17.8. The second-order valence-electron chi connectivity index (χ2n) is 18.9. The Kier molecular flexibility index (Phi) is 16.5. The molecule has 2 saturated heterocycles. The molecule has 3 aromatic carbocycles. The molecule has 1 atom stereocenters. The molecule has 11 nitrogen and oxygen atoms in total. The monoisotopic (exact) mass is 925 g/mol. The maximum absolute atomic E-state index is 14.9. The summed E-state index contributed by atoms with van der Waals surface area (Å²) in [7, 11) is 0.271. The molecule has 4 aromatic rings.